The van der Waals surface area contributed by atoms with Crippen LogP contribution >= 0.6 is 15.9 Å². The average molecular weight is 235 g/mol. The van der Waals surface area contributed by atoms with Crippen molar-refractivity contribution in [3.8, 4) is 0 Å². The highest BCUT2D eigenvalue weighted by Gasteiger charge is 2.04. The average Bonchev–Trinajstić information content (AvgIpc) is 2.00. The molecule has 0 bridgehead atoms. The molecule has 0 saturated heterocycles. The van der Waals surface area contributed by atoms with Gasteiger partial charge < -0.3 is 9.47 Å². The first-order valence-corrected chi connectivity index (χ1v) is 4.56. The largest absolute Gasteiger partial charge is 0.359 e. The van der Waals surface area contributed by atoms with Crippen LogP contribution in [-0.4, -0.2) is 20.0 Å². The molecule has 0 rings (SSSR count). The quantitative estimate of drug-likeness (QED) is 0.520. The van der Waals surface area contributed by atoms with Gasteiger partial charge in [-0.25, -0.2) is 0 Å². The molecular weight excluding hydrogens is 220 g/mol. The first kappa shape index (κ1) is 11.9. The maximum Gasteiger partial charge on any atom is 0.147 e. The van der Waals surface area contributed by atoms with E-state index in [1.165, 1.54) is 0 Å². The van der Waals surface area contributed by atoms with Crippen LogP contribution in [-0.2, 0) is 9.47 Å². The van der Waals surface area contributed by atoms with Gasteiger partial charge in [0.05, 0.1) is 6.10 Å². The van der Waals surface area contributed by atoms with Gasteiger partial charge in [-0.1, -0.05) is 34.7 Å². The second-order valence-electron chi connectivity index (χ2n) is 2.36. The first-order valence-electron chi connectivity index (χ1n) is 3.77. The summed E-state index contributed by atoms with van der Waals surface area (Å²) in [7, 11) is 1.61. The van der Waals surface area contributed by atoms with Crippen LogP contribution < -0.4 is 0 Å². The number of ether oxygens (including phenoxy) is 2. The first-order chi connectivity index (χ1) is 5.70. The van der Waals surface area contributed by atoms with E-state index in [2.05, 4.69) is 22.5 Å². The van der Waals surface area contributed by atoms with Gasteiger partial charge in [-0.2, -0.15) is 0 Å². The molecule has 0 heterocycles. The monoisotopic (exact) mass is 234 g/mol. The molecule has 0 spiro atoms. The van der Waals surface area contributed by atoms with Crippen molar-refractivity contribution in [2.75, 3.05) is 13.9 Å². The van der Waals surface area contributed by atoms with E-state index in [0.29, 0.717) is 6.79 Å². The van der Waals surface area contributed by atoms with Gasteiger partial charge in [-0.15, -0.1) is 0 Å². The van der Waals surface area contributed by atoms with E-state index in [1.54, 1.807) is 7.11 Å². The molecule has 0 aliphatic carbocycles. The fourth-order valence-electron chi connectivity index (χ4n) is 0.771. The Hall–Kier alpha value is -0.120. The zero-order chi connectivity index (χ0) is 9.40. The SMILES string of the molecule is C=C(Br)CC(/C=C/C)OCOC. The van der Waals surface area contributed by atoms with Gasteiger partial charge in [0.2, 0.25) is 0 Å². The van der Waals surface area contributed by atoms with Crippen LogP contribution in [0.5, 0.6) is 0 Å². The standard InChI is InChI=1S/C9H15BrO2/c1-4-5-9(6-8(2)10)12-7-11-3/h4-5,9H,2,6-7H2,1,3H3/b5-4+. The molecule has 2 nitrogen and oxygen atoms in total. The summed E-state index contributed by atoms with van der Waals surface area (Å²) in [6, 6.07) is 0. The van der Waals surface area contributed by atoms with Crippen molar-refractivity contribution in [1.82, 2.24) is 0 Å². The molecule has 0 aromatic heterocycles. The lowest BCUT2D eigenvalue weighted by Crippen LogP contribution is -2.11. The lowest BCUT2D eigenvalue weighted by atomic mass is 10.2. The smallest absolute Gasteiger partial charge is 0.147 e. The molecule has 1 atom stereocenters. The third-order valence-electron chi connectivity index (χ3n) is 1.23. The van der Waals surface area contributed by atoms with E-state index in [1.807, 2.05) is 19.1 Å². The number of halogens is 1. The van der Waals surface area contributed by atoms with Crippen LogP contribution in [0.25, 0.3) is 0 Å². The molecule has 70 valence electrons. The highest BCUT2D eigenvalue weighted by molar-refractivity contribution is 9.11. The third-order valence-corrected chi connectivity index (χ3v) is 1.55. The lowest BCUT2D eigenvalue weighted by Gasteiger charge is -2.12. The fourth-order valence-corrected chi connectivity index (χ4v) is 1.09. The summed E-state index contributed by atoms with van der Waals surface area (Å²) in [5.41, 5.74) is 0. The molecule has 0 aliphatic rings. The third kappa shape index (κ3) is 6.58. The van der Waals surface area contributed by atoms with E-state index in [4.69, 9.17) is 9.47 Å². The maximum absolute atomic E-state index is 5.34. The van der Waals surface area contributed by atoms with Crippen LogP contribution in [0, 0.1) is 0 Å². The van der Waals surface area contributed by atoms with Crippen molar-refractivity contribution < 1.29 is 9.47 Å². The van der Waals surface area contributed by atoms with E-state index < -0.39 is 0 Å². The van der Waals surface area contributed by atoms with E-state index in [9.17, 15) is 0 Å². The number of allylic oxidation sites excluding steroid dienone is 1. The molecule has 0 aromatic carbocycles. The minimum absolute atomic E-state index is 0.0572. The zero-order valence-electron chi connectivity index (χ0n) is 7.55. The summed E-state index contributed by atoms with van der Waals surface area (Å²) < 4.78 is 11.1. The molecule has 0 saturated carbocycles. The lowest BCUT2D eigenvalue weighted by molar-refractivity contribution is -0.0543. The van der Waals surface area contributed by atoms with Gasteiger partial charge >= 0.3 is 0 Å². The van der Waals surface area contributed by atoms with Crippen molar-refractivity contribution in [3.05, 3.63) is 23.2 Å². The fraction of sp³-hybridized carbons (Fsp3) is 0.556. The maximum atomic E-state index is 5.34. The number of hydrogen-bond donors (Lipinski definition) is 0. The molecule has 12 heavy (non-hydrogen) atoms. The molecule has 0 aromatic rings. The van der Waals surface area contributed by atoms with Crippen molar-refractivity contribution in [3.63, 3.8) is 0 Å². The summed E-state index contributed by atoms with van der Waals surface area (Å²) in [6.07, 6.45) is 4.76. The zero-order valence-corrected chi connectivity index (χ0v) is 9.13. The van der Waals surface area contributed by atoms with Gasteiger partial charge in [0.1, 0.15) is 6.79 Å². The molecule has 1 unspecified atom stereocenters. The second-order valence-corrected chi connectivity index (χ2v) is 3.48. The summed E-state index contributed by atoms with van der Waals surface area (Å²) in [5, 5.41) is 0. The Kier molecular flexibility index (Phi) is 7.45. The van der Waals surface area contributed by atoms with Crippen molar-refractivity contribution >= 4 is 15.9 Å². The minimum atomic E-state index is 0.0572. The summed E-state index contributed by atoms with van der Waals surface area (Å²) in [6.45, 7) is 6.02. The number of methoxy groups -OCH3 is 1. The van der Waals surface area contributed by atoms with Crippen LogP contribution in [0.15, 0.2) is 23.2 Å². The van der Waals surface area contributed by atoms with E-state index in [0.717, 1.165) is 10.9 Å². The Morgan fingerprint density at radius 3 is 2.75 bits per heavy atom. The van der Waals surface area contributed by atoms with Gasteiger partial charge in [-0.05, 0) is 11.4 Å². The molecule has 0 amide bonds. The van der Waals surface area contributed by atoms with Crippen LogP contribution in [0.4, 0.5) is 0 Å². The Labute approximate surface area is 82.4 Å². The van der Waals surface area contributed by atoms with Crippen molar-refractivity contribution in [1.29, 1.82) is 0 Å². The second kappa shape index (κ2) is 7.53. The Balaban J connectivity index is 3.77. The minimum Gasteiger partial charge on any atom is -0.359 e. The topological polar surface area (TPSA) is 18.5 Å². The highest BCUT2D eigenvalue weighted by Crippen LogP contribution is 2.13. The summed E-state index contributed by atoms with van der Waals surface area (Å²) in [4.78, 5) is 0. The van der Waals surface area contributed by atoms with Gasteiger partial charge in [-0.3, -0.25) is 0 Å². The molecule has 0 fully saturated rings. The normalized spacial score (nSPS) is 13.6. The van der Waals surface area contributed by atoms with Crippen LogP contribution in [0.3, 0.4) is 0 Å². The summed E-state index contributed by atoms with van der Waals surface area (Å²) in [5.74, 6) is 0. The predicted molar refractivity (Wildman–Crippen MR) is 54.2 cm³/mol. The van der Waals surface area contributed by atoms with Gasteiger partial charge in [0.15, 0.2) is 0 Å². The molecule has 0 N–H and O–H groups in total. The van der Waals surface area contributed by atoms with Gasteiger partial charge in [0, 0.05) is 13.5 Å². The molecule has 0 radical (unpaired) electrons. The number of hydrogen-bond acceptors (Lipinski definition) is 2. The molecular formula is C9H15BrO2. The van der Waals surface area contributed by atoms with Gasteiger partial charge in [0.25, 0.3) is 0 Å². The van der Waals surface area contributed by atoms with E-state index >= 15 is 0 Å². The highest BCUT2D eigenvalue weighted by atomic mass is 79.9. The molecule has 3 heteroatoms. The van der Waals surface area contributed by atoms with Crippen molar-refractivity contribution in [2.45, 2.75) is 19.4 Å². The summed E-state index contributed by atoms with van der Waals surface area (Å²) >= 11 is 3.29. The molecule has 0 aliphatic heterocycles. The predicted octanol–water partition coefficient (Wildman–Crippen LogP) is 2.85. The Morgan fingerprint density at radius 1 is 1.67 bits per heavy atom. The van der Waals surface area contributed by atoms with Crippen molar-refractivity contribution in [2.24, 2.45) is 0 Å². The Morgan fingerprint density at radius 2 is 2.33 bits per heavy atom. The van der Waals surface area contributed by atoms with E-state index in [-0.39, 0.29) is 6.10 Å². The van der Waals surface area contributed by atoms with Crippen LogP contribution in [0.1, 0.15) is 13.3 Å². The Bertz CT molecular complexity index is 155. The van der Waals surface area contributed by atoms with Crippen LogP contribution in [0.2, 0.25) is 0 Å². The number of rotatable bonds is 6.